The molecule has 0 spiro atoms. The Balaban J connectivity index is 0. The van der Waals surface area contributed by atoms with E-state index >= 15 is 0 Å². The van der Waals surface area contributed by atoms with Crippen molar-refractivity contribution in [2.45, 2.75) is 13.3 Å². The van der Waals surface area contributed by atoms with Gasteiger partial charge >= 0.3 is 16.5 Å². The first-order valence-electron chi connectivity index (χ1n) is 2.75. The lowest BCUT2D eigenvalue weighted by molar-refractivity contribution is 0.371. The minimum Gasteiger partial charge on any atom is -0.330 e. The zero-order chi connectivity index (χ0) is 9.28. The maximum atomic E-state index is 9.39. The van der Waals surface area contributed by atoms with Gasteiger partial charge in [0.2, 0.25) is 0 Å². The van der Waals surface area contributed by atoms with Gasteiger partial charge in [-0.25, -0.2) is 0 Å². The Kier molecular flexibility index (Phi) is 12.4. The normalized spacial score (nSPS) is 11.3. The molecule has 0 heterocycles. The van der Waals surface area contributed by atoms with Crippen molar-refractivity contribution in [3.05, 3.63) is 0 Å². The van der Waals surface area contributed by atoms with Crippen LogP contribution in [0.2, 0.25) is 0 Å². The molecular formula is C3H11NO5P2+2. The summed E-state index contributed by atoms with van der Waals surface area (Å²) in [4.78, 5) is 15.3. The molecule has 2 unspecified atom stereocenters. The van der Waals surface area contributed by atoms with E-state index in [1.54, 1.807) is 0 Å². The largest absolute Gasteiger partial charge is 0.745 e. The molecule has 0 saturated carbocycles. The molecule has 0 aromatic rings. The van der Waals surface area contributed by atoms with Crippen molar-refractivity contribution < 1.29 is 23.2 Å². The van der Waals surface area contributed by atoms with Crippen molar-refractivity contribution in [1.29, 1.82) is 0 Å². The van der Waals surface area contributed by atoms with Gasteiger partial charge in [-0.15, -0.1) is 9.79 Å². The van der Waals surface area contributed by atoms with Crippen LogP contribution >= 0.6 is 16.5 Å². The van der Waals surface area contributed by atoms with Crippen molar-refractivity contribution in [2.24, 2.45) is 5.73 Å². The van der Waals surface area contributed by atoms with Gasteiger partial charge in [-0.2, -0.15) is 0 Å². The highest BCUT2D eigenvalue weighted by Gasteiger charge is 2.31. The van der Waals surface area contributed by atoms with Gasteiger partial charge in [0, 0.05) is 9.13 Å². The minimum absolute atomic E-state index is 0.819. The van der Waals surface area contributed by atoms with Gasteiger partial charge in [0.25, 0.3) is 0 Å². The van der Waals surface area contributed by atoms with E-state index in [9.17, 15) is 9.13 Å². The molecular weight excluding hydrogens is 192 g/mol. The molecule has 0 radical (unpaired) electrons. The third-order valence-electron chi connectivity index (χ3n) is 0.428. The van der Waals surface area contributed by atoms with Gasteiger partial charge < -0.3 is 5.73 Å². The van der Waals surface area contributed by atoms with Crippen LogP contribution in [0.25, 0.3) is 0 Å². The molecule has 4 N–H and O–H groups in total. The Morgan fingerprint density at radius 3 is 1.64 bits per heavy atom. The van der Waals surface area contributed by atoms with Crippen LogP contribution in [0.15, 0.2) is 0 Å². The first kappa shape index (κ1) is 13.6. The molecule has 66 valence electrons. The van der Waals surface area contributed by atoms with E-state index in [0.29, 0.717) is 0 Å². The molecule has 0 bridgehead atoms. The molecule has 0 aliphatic heterocycles. The Labute approximate surface area is 66.3 Å². The van der Waals surface area contributed by atoms with Crippen LogP contribution in [0, 0.1) is 0 Å². The fourth-order valence-corrected chi connectivity index (χ4v) is 0.538. The lowest BCUT2D eigenvalue weighted by Gasteiger charge is -1.70. The van der Waals surface area contributed by atoms with Crippen LogP contribution in [0.4, 0.5) is 0 Å². The van der Waals surface area contributed by atoms with Crippen LogP contribution in [-0.4, -0.2) is 16.3 Å². The molecule has 6 nitrogen and oxygen atoms in total. The summed E-state index contributed by atoms with van der Waals surface area (Å²) in [7, 11) is -5.85. The second kappa shape index (κ2) is 10.0. The number of rotatable bonds is 3. The van der Waals surface area contributed by atoms with E-state index in [1.807, 2.05) is 0 Å². The summed E-state index contributed by atoms with van der Waals surface area (Å²) in [5.74, 6) is 0. The fraction of sp³-hybridized carbons (Fsp3) is 1.00. The summed E-state index contributed by atoms with van der Waals surface area (Å²) in [5.41, 5.74) is 5.03. The van der Waals surface area contributed by atoms with Gasteiger partial charge in [-0.05, 0) is 13.0 Å². The van der Waals surface area contributed by atoms with Gasteiger partial charge in [0.1, 0.15) is 0 Å². The minimum atomic E-state index is -2.92. The summed E-state index contributed by atoms with van der Waals surface area (Å²) >= 11 is 0. The molecule has 0 aliphatic carbocycles. The van der Waals surface area contributed by atoms with Crippen LogP contribution in [0.3, 0.4) is 0 Å². The molecule has 8 heteroatoms. The Morgan fingerprint density at radius 2 is 1.64 bits per heavy atom. The molecule has 0 aromatic heterocycles. The first-order valence-corrected chi connectivity index (χ1v) is 5.01. The topological polar surface area (TPSA) is 110 Å². The molecule has 0 amide bonds. The van der Waals surface area contributed by atoms with E-state index in [0.717, 1.165) is 13.0 Å². The third-order valence-corrected chi connectivity index (χ3v) is 1.55. The standard InChI is InChI=1S/C3H9N.O5P2/c1-2-3-4;1-6(2)5-7(3)4/h2-4H2,1H3;/p+2. The molecule has 0 fully saturated rings. The molecule has 0 aliphatic rings. The zero-order valence-corrected chi connectivity index (χ0v) is 7.79. The predicted molar refractivity (Wildman–Crippen MR) is 40.1 cm³/mol. The van der Waals surface area contributed by atoms with Crippen molar-refractivity contribution in [1.82, 2.24) is 0 Å². The lowest BCUT2D eigenvalue weighted by Crippen LogP contribution is -1.93. The highest BCUT2D eigenvalue weighted by molar-refractivity contribution is 7.46. The Morgan fingerprint density at radius 1 is 1.36 bits per heavy atom. The Hall–Kier alpha value is 0.0400. The number of hydrogen-bond acceptors (Lipinski definition) is 4. The van der Waals surface area contributed by atoms with E-state index in [-0.39, 0.29) is 0 Å². The van der Waals surface area contributed by atoms with Crippen molar-refractivity contribution >= 4 is 16.5 Å². The van der Waals surface area contributed by atoms with Crippen LogP contribution in [0.1, 0.15) is 13.3 Å². The molecule has 0 aromatic carbocycles. The third kappa shape index (κ3) is 25.5. The Bertz CT molecular complexity index is 115. The van der Waals surface area contributed by atoms with Crippen molar-refractivity contribution in [2.75, 3.05) is 6.54 Å². The molecule has 0 saturated heterocycles. The summed E-state index contributed by atoms with van der Waals surface area (Å²) in [6.07, 6.45) is 1.10. The predicted octanol–water partition coefficient (Wildman–Crippen LogP) is 0.657. The summed E-state index contributed by atoms with van der Waals surface area (Å²) in [6.45, 7) is 2.88. The zero-order valence-electron chi connectivity index (χ0n) is 6.01. The van der Waals surface area contributed by atoms with Gasteiger partial charge in [-0.1, -0.05) is 6.92 Å². The summed E-state index contributed by atoms with van der Waals surface area (Å²) < 4.78 is 22.2. The second-order valence-electron chi connectivity index (χ2n) is 1.35. The first-order chi connectivity index (χ1) is 5.04. The SMILES string of the molecule is CCCN.O=[P+](O)O[P+](=O)O. The van der Waals surface area contributed by atoms with Crippen LogP contribution in [-0.2, 0) is 13.4 Å². The smallest absolute Gasteiger partial charge is 0.330 e. The average molecular weight is 203 g/mol. The van der Waals surface area contributed by atoms with Crippen molar-refractivity contribution in [3.63, 3.8) is 0 Å². The molecule has 11 heavy (non-hydrogen) atoms. The summed E-state index contributed by atoms with van der Waals surface area (Å²) in [6, 6.07) is 0. The highest BCUT2D eigenvalue weighted by Crippen LogP contribution is 2.30. The second-order valence-corrected chi connectivity index (χ2v) is 2.95. The highest BCUT2D eigenvalue weighted by atomic mass is 31.2. The molecule has 2 atom stereocenters. The number of nitrogens with two attached hydrogens (primary N) is 1. The van der Waals surface area contributed by atoms with E-state index in [4.69, 9.17) is 15.5 Å². The van der Waals surface area contributed by atoms with Crippen molar-refractivity contribution in [3.8, 4) is 0 Å². The van der Waals surface area contributed by atoms with Gasteiger partial charge in [-0.3, -0.25) is 0 Å². The van der Waals surface area contributed by atoms with E-state index in [1.165, 1.54) is 0 Å². The lowest BCUT2D eigenvalue weighted by atomic mass is 10.5. The fourth-order valence-electron chi connectivity index (χ4n) is 0.0598. The van der Waals surface area contributed by atoms with Crippen LogP contribution in [0.5, 0.6) is 0 Å². The van der Waals surface area contributed by atoms with Crippen LogP contribution < -0.4 is 5.73 Å². The van der Waals surface area contributed by atoms with E-state index < -0.39 is 16.5 Å². The maximum absolute atomic E-state index is 9.39. The summed E-state index contributed by atoms with van der Waals surface area (Å²) in [5, 5.41) is 0. The monoisotopic (exact) mass is 203 g/mol. The van der Waals surface area contributed by atoms with Gasteiger partial charge in [0.15, 0.2) is 4.31 Å². The van der Waals surface area contributed by atoms with Gasteiger partial charge in [0.05, 0.1) is 0 Å². The number of hydrogen-bond donors (Lipinski definition) is 3. The van der Waals surface area contributed by atoms with E-state index in [2.05, 4.69) is 11.2 Å². The molecule has 0 rings (SSSR count). The maximum Gasteiger partial charge on any atom is 0.745 e. The average Bonchev–Trinajstić information content (AvgIpc) is 1.85. The quantitative estimate of drug-likeness (QED) is 0.581.